The second-order valence-electron chi connectivity index (χ2n) is 5.98. The molecule has 1 aromatic carbocycles. The zero-order chi connectivity index (χ0) is 13.9. The van der Waals surface area contributed by atoms with Crippen LogP contribution in [0.1, 0.15) is 37.3 Å². The smallest absolute Gasteiger partial charge is 0.121 e. The molecule has 3 rings (SSSR count). The summed E-state index contributed by atoms with van der Waals surface area (Å²) in [6.45, 7) is 4.27. The summed E-state index contributed by atoms with van der Waals surface area (Å²) < 4.78 is 0.948. The average molecular weight is 412 g/mol. The molecule has 1 aromatic rings. The molecule has 0 unspecified atom stereocenters. The predicted octanol–water partition coefficient (Wildman–Crippen LogP) is 4.13. The minimum absolute atomic E-state index is 0. The molecule has 1 atom stereocenters. The van der Waals surface area contributed by atoms with E-state index in [1.54, 1.807) is 0 Å². The third kappa shape index (κ3) is 4.51. The fourth-order valence-electron chi connectivity index (χ4n) is 3.75. The number of piperazine rings is 1. The van der Waals surface area contributed by atoms with Gasteiger partial charge in [-0.1, -0.05) is 34.8 Å². The Bertz CT molecular complexity index is 463. The molecule has 1 saturated heterocycles. The first kappa shape index (κ1) is 20.0. The average Bonchev–Trinajstić information content (AvgIpc) is 2.97. The third-order valence-electron chi connectivity index (χ3n) is 4.70. The molecule has 0 amide bonds. The van der Waals surface area contributed by atoms with E-state index in [2.05, 4.69) is 38.3 Å². The lowest BCUT2D eigenvalue weighted by molar-refractivity contribution is 0.123. The van der Waals surface area contributed by atoms with Crippen LogP contribution in [0.3, 0.4) is 0 Å². The molecule has 0 aromatic heterocycles. The van der Waals surface area contributed by atoms with Crippen molar-refractivity contribution in [1.82, 2.24) is 10.2 Å². The minimum Gasteiger partial charge on any atom is -0.508 e. The number of phenolic OH excluding ortho intramolecular Hbond substituents is 1. The highest BCUT2D eigenvalue weighted by Gasteiger charge is 2.33. The highest BCUT2D eigenvalue weighted by atomic mass is 79.9. The van der Waals surface area contributed by atoms with Crippen LogP contribution in [0.4, 0.5) is 0 Å². The molecule has 2 N–H and O–H groups in total. The van der Waals surface area contributed by atoms with Gasteiger partial charge in [-0.2, -0.15) is 0 Å². The lowest BCUT2D eigenvalue weighted by Gasteiger charge is -2.39. The standard InChI is InChI=1S/C16H23BrN2O.2ClH/c17-13-5-6-14(15(20)11-13)16(12-3-1-2-4-12)19-9-7-18-8-10-19;;/h5-6,11-12,16,18,20H,1-4,7-10H2;2*1H/t16-;;/m0../s1. The summed E-state index contributed by atoms with van der Waals surface area (Å²) in [5.74, 6) is 1.13. The number of hydrogen-bond donors (Lipinski definition) is 2. The van der Waals surface area contributed by atoms with Crippen molar-refractivity contribution in [1.29, 1.82) is 0 Å². The minimum atomic E-state index is 0. The molecule has 0 bridgehead atoms. The molecule has 1 aliphatic heterocycles. The highest BCUT2D eigenvalue weighted by molar-refractivity contribution is 9.10. The molecule has 1 aliphatic carbocycles. The van der Waals surface area contributed by atoms with E-state index in [0.717, 1.165) is 36.2 Å². The second kappa shape index (κ2) is 9.33. The topological polar surface area (TPSA) is 35.5 Å². The summed E-state index contributed by atoms with van der Waals surface area (Å²) in [7, 11) is 0. The zero-order valence-corrected chi connectivity index (χ0v) is 15.9. The first-order chi connectivity index (χ1) is 9.75. The van der Waals surface area contributed by atoms with Gasteiger partial charge in [-0.25, -0.2) is 0 Å². The van der Waals surface area contributed by atoms with E-state index in [1.165, 1.54) is 25.7 Å². The Morgan fingerprint density at radius 3 is 2.36 bits per heavy atom. The SMILES string of the molecule is Cl.Cl.Oc1cc(Br)ccc1[C@H](C1CCCC1)N1CCNCC1. The second-order valence-corrected chi connectivity index (χ2v) is 6.89. The Morgan fingerprint density at radius 1 is 1.14 bits per heavy atom. The Hall–Kier alpha value is -0.0000000000000000971. The van der Waals surface area contributed by atoms with Crippen molar-refractivity contribution in [3.05, 3.63) is 28.2 Å². The molecule has 2 fully saturated rings. The van der Waals surface area contributed by atoms with E-state index in [9.17, 15) is 5.11 Å². The van der Waals surface area contributed by atoms with Gasteiger partial charge in [0, 0.05) is 42.3 Å². The van der Waals surface area contributed by atoms with E-state index < -0.39 is 0 Å². The van der Waals surface area contributed by atoms with Gasteiger partial charge >= 0.3 is 0 Å². The van der Waals surface area contributed by atoms with Crippen molar-refractivity contribution >= 4 is 40.7 Å². The van der Waals surface area contributed by atoms with Crippen LogP contribution in [0.25, 0.3) is 0 Å². The number of phenols is 1. The Labute approximate surface area is 153 Å². The van der Waals surface area contributed by atoms with Crippen molar-refractivity contribution in [3.8, 4) is 5.75 Å². The molecule has 0 radical (unpaired) electrons. The normalized spacial score (nSPS) is 21.0. The summed E-state index contributed by atoms with van der Waals surface area (Å²) in [6, 6.07) is 6.37. The van der Waals surface area contributed by atoms with Crippen molar-refractivity contribution in [2.24, 2.45) is 5.92 Å². The van der Waals surface area contributed by atoms with E-state index in [0.29, 0.717) is 17.7 Å². The van der Waals surface area contributed by atoms with Gasteiger partial charge < -0.3 is 10.4 Å². The van der Waals surface area contributed by atoms with Crippen LogP contribution in [0.15, 0.2) is 22.7 Å². The van der Waals surface area contributed by atoms with Crippen LogP contribution in [0, 0.1) is 5.92 Å². The van der Waals surface area contributed by atoms with E-state index in [-0.39, 0.29) is 24.8 Å². The lowest BCUT2D eigenvalue weighted by atomic mass is 9.89. The number of aromatic hydroxyl groups is 1. The lowest BCUT2D eigenvalue weighted by Crippen LogP contribution is -2.46. The fraction of sp³-hybridized carbons (Fsp3) is 0.625. The van der Waals surface area contributed by atoms with Gasteiger partial charge in [0.1, 0.15) is 5.75 Å². The molecular weight excluding hydrogens is 387 g/mol. The van der Waals surface area contributed by atoms with Crippen LogP contribution >= 0.6 is 40.7 Å². The molecule has 2 aliphatic rings. The van der Waals surface area contributed by atoms with E-state index >= 15 is 0 Å². The largest absolute Gasteiger partial charge is 0.508 e. The maximum atomic E-state index is 10.4. The first-order valence-electron chi connectivity index (χ1n) is 7.69. The summed E-state index contributed by atoms with van der Waals surface area (Å²) in [5, 5.41) is 13.8. The third-order valence-corrected chi connectivity index (χ3v) is 5.20. The van der Waals surface area contributed by atoms with Gasteiger partial charge in [-0.3, -0.25) is 4.90 Å². The quantitative estimate of drug-likeness (QED) is 0.784. The molecule has 1 saturated carbocycles. The van der Waals surface area contributed by atoms with Crippen molar-refractivity contribution in [3.63, 3.8) is 0 Å². The van der Waals surface area contributed by atoms with Gasteiger partial charge in [-0.05, 0) is 30.9 Å². The Kier molecular flexibility index (Phi) is 8.50. The monoisotopic (exact) mass is 410 g/mol. The summed E-state index contributed by atoms with van der Waals surface area (Å²) in [4.78, 5) is 2.56. The van der Waals surface area contributed by atoms with Gasteiger partial charge in [0.15, 0.2) is 0 Å². The maximum Gasteiger partial charge on any atom is 0.121 e. The Balaban J connectivity index is 0.00000121. The number of rotatable bonds is 3. The Morgan fingerprint density at radius 2 is 1.77 bits per heavy atom. The number of hydrogen-bond acceptors (Lipinski definition) is 3. The molecule has 126 valence electrons. The number of benzene rings is 1. The van der Waals surface area contributed by atoms with E-state index in [1.807, 2.05) is 6.07 Å². The zero-order valence-electron chi connectivity index (χ0n) is 12.6. The van der Waals surface area contributed by atoms with Crippen molar-refractivity contribution in [2.75, 3.05) is 26.2 Å². The van der Waals surface area contributed by atoms with Crippen molar-refractivity contribution in [2.45, 2.75) is 31.7 Å². The first-order valence-corrected chi connectivity index (χ1v) is 8.48. The highest BCUT2D eigenvalue weighted by Crippen LogP contribution is 2.42. The van der Waals surface area contributed by atoms with E-state index in [4.69, 9.17) is 0 Å². The van der Waals surface area contributed by atoms with Crippen LogP contribution < -0.4 is 5.32 Å². The number of halogens is 3. The van der Waals surface area contributed by atoms with Crippen LogP contribution in [0.2, 0.25) is 0 Å². The molecular formula is C16H25BrCl2N2O. The summed E-state index contributed by atoms with van der Waals surface area (Å²) in [5.41, 5.74) is 1.11. The molecule has 6 heteroatoms. The van der Waals surface area contributed by atoms with Crippen LogP contribution in [0.5, 0.6) is 5.75 Å². The van der Waals surface area contributed by atoms with Crippen LogP contribution in [-0.4, -0.2) is 36.2 Å². The van der Waals surface area contributed by atoms with Crippen molar-refractivity contribution < 1.29 is 5.11 Å². The summed E-state index contributed by atoms with van der Waals surface area (Å²) in [6.07, 6.45) is 5.27. The van der Waals surface area contributed by atoms with Gasteiger partial charge in [-0.15, -0.1) is 24.8 Å². The van der Waals surface area contributed by atoms with Gasteiger partial charge in [0.05, 0.1) is 0 Å². The molecule has 1 heterocycles. The molecule has 3 nitrogen and oxygen atoms in total. The van der Waals surface area contributed by atoms with Gasteiger partial charge in [0.2, 0.25) is 0 Å². The molecule has 22 heavy (non-hydrogen) atoms. The fourth-order valence-corrected chi connectivity index (χ4v) is 4.10. The molecule has 0 spiro atoms. The summed E-state index contributed by atoms with van der Waals surface area (Å²) >= 11 is 3.44. The van der Waals surface area contributed by atoms with Gasteiger partial charge in [0.25, 0.3) is 0 Å². The predicted molar refractivity (Wildman–Crippen MR) is 99.4 cm³/mol. The number of nitrogens with one attached hydrogen (secondary N) is 1. The van der Waals surface area contributed by atoms with Crippen LogP contribution in [-0.2, 0) is 0 Å². The maximum absolute atomic E-state index is 10.4. The number of nitrogens with zero attached hydrogens (tertiary/aromatic N) is 1.